The second-order valence-corrected chi connectivity index (χ2v) is 9.05. The van der Waals surface area contributed by atoms with E-state index in [9.17, 15) is 28.1 Å². The zero-order chi connectivity index (χ0) is 24.6. The molecule has 1 heterocycles. The number of nitro groups is 1. The fourth-order valence-corrected chi connectivity index (χ4v) is 3.87. The number of ether oxygens (including phenoxy) is 3. The van der Waals surface area contributed by atoms with Crippen LogP contribution in [0.25, 0.3) is 0 Å². The molecule has 0 saturated carbocycles. The van der Waals surface area contributed by atoms with E-state index in [1.54, 1.807) is 13.0 Å². The Hall–Kier alpha value is -2.83. The van der Waals surface area contributed by atoms with E-state index < -0.39 is 51.4 Å². The molecule has 0 radical (unpaired) electrons. The second kappa shape index (κ2) is 11.9. The highest BCUT2D eigenvalue weighted by molar-refractivity contribution is 7.86. The summed E-state index contributed by atoms with van der Waals surface area (Å²) < 4.78 is 45.1. The van der Waals surface area contributed by atoms with Crippen molar-refractivity contribution in [3.05, 3.63) is 52.1 Å². The Kier molecular flexibility index (Phi) is 9.50. The van der Waals surface area contributed by atoms with Gasteiger partial charge in [0, 0.05) is 19.1 Å². The Balaban J connectivity index is 2.15. The van der Waals surface area contributed by atoms with Gasteiger partial charge in [0.15, 0.2) is 0 Å². The molecule has 4 atom stereocenters. The molecule has 0 fully saturated rings. The first kappa shape index (κ1) is 26.4. The van der Waals surface area contributed by atoms with Gasteiger partial charge in [0.2, 0.25) is 0 Å². The van der Waals surface area contributed by atoms with Gasteiger partial charge in [-0.15, -0.1) is 0 Å². The van der Waals surface area contributed by atoms with Gasteiger partial charge in [-0.2, -0.15) is 8.42 Å². The fourth-order valence-electron chi connectivity index (χ4n) is 3.24. The molecule has 0 bridgehead atoms. The van der Waals surface area contributed by atoms with Gasteiger partial charge < -0.3 is 14.2 Å². The Labute approximate surface area is 191 Å². The number of nitrogens with zero attached hydrogens (tertiary/aromatic N) is 1. The molecule has 0 unspecified atom stereocenters. The van der Waals surface area contributed by atoms with Crippen molar-refractivity contribution in [2.24, 2.45) is 0 Å². The first-order valence-corrected chi connectivity index (χ1v) is 12.1. The quantitative estimate of drug-likeness (QED) is 0.159. The van der Waals surface area contributed by atoms with E-state index in [-0.39, 0.29) is 17.9 Å². The number of carbonyl (C=O) groups excluding carboxylic acids is 2. The normalized spacial score (nSPS) is 20.3. The van der Waals surface area contributed by atoms with Gasteiger partial charge in [-0.05, 0) is 31.4 Å². The molecule has 0 spiro atoms. The van der Waals surface area contributed by atoms with Crippen LogP contribution in [0.3, 0.4) is 0 Å². The first-order chi connectivity index (χ1) is 15.5. The van der Waals surface area contributed by atoms with Crippen LogP contribution in [0.1, 0.15) is 43.5 Å². The smallest absolute Gasteiger partial charge is 0.338 e. The molecule has 0 N–H and O–H groups in total. The summed E-state index contributed by atoms with van der Waals surface area (Å²) in [6.45, 7) is 2.66. The molecule has 12 heteroatoms. The van der Waals surface area contributed by atoms with Gasteiger partial charge in [0.05, 0.1) is 29.0 Å². The zero-order valence-electron chi connectivity index (χ0n) is 18.5. The minimum atomic E-state index is -3.87. The number of non-ortho nitro benzene ring substituents is 1. The molecule has 182 valence electrons. The largest absolute Gasteiger partial charge is 0.463 e. The molecule has 0 amide bonds. The lowest BCUT2D eigenvalue weighted by atomic mass is 10.1. The van der Waals surface area contributed by atoms with Gasteiger partial charge in [-0.25, -0.2) is 4.79 Å². The van der Waals surface area contributed by atoms with Crippen molar-refractivity contribution in [1.29, 1.82) is 0 Å². The van der Waals surface area contributed by atoms with Crippen molar-refractivity contribution >= 4 is 27.7 Å². The van der Waals surface area contributed by atoms with Crippen molar-refractivity contribution in [3.63, 3.8) is 0 Å². The summed E-state index contributed by atoms with van der Waals surface area (Å²) >= 11 is 0. The number of hydrogen-bond donors (Lipinski definition) is 0. The second-order valence-electron chi connectivity index (χ2n) is 7.45. The van der Waals surface area contributed by atoms with Crippen molar-refractivity contribution in [1.82, 2.24) is 0 Å². The lowest BCUT2D eigenvalue weighted by Crippen LogP contribution is -2.42. The Morgan fingerprint density at radius 1 is 1.15 bits per heavy atom. The predicted octanol–water partition coefficient (Wildman–Crippen LogP) is 2.54. The van der Waals surface area contributed by atoms with Crippen molar-refractivity contribution < 1.29 is 41.3 Å². The third kappa shape index (κ3) is 8.56. The van der Waals surface area contributed by atoms with Crippen LogP contribution in [0, 0.1) is 10.1 Å². The van der Waals surface area contributed by atoms with Crippen LogP contribution in [-0.4, -0.2) is 62.6 Å². The summed E-state index contributed by atoms with van der Waals surface area (Å²) in [7, 11) is -3.87. The van der Waals surface area contributed by atoms with Crippen molar-refractivity contribution in [3.8, 4) is 0 Å². The molecular formula is C21H27NO10S. The number of carbonyl (C=O) groups is 2. The van der Waals surface area contributed by atoms with Gasteiger partial charge >= 0.3 is 11.9 Å². The maximum absolute atomic E-state index is 12.6. The minimum Gasteiger partial charge on any atom is -0.463 e. The average molecular weight is 486 g/mol. The third-order valence-electron chi connectivity index (χ3n) is 4.81. The van der Waals surface area contributed by atoms with E-state index >= 15 is 0 Å². The molecule has 1 aliphatic rings. The summed E-state index contributed by atoms with van der Waals surface area (Å²) in [5, 5.41) is 10.8. The molecule has 0 aliphatic carbocycles. The topological polar surface area (TPSA) is 148 Å². The van der Waals surface area contributed by atoms with Gasteiger partial charge in [0.25, 0.3) is 15.8 Å². The fraction of sp³-hybridized carbons (Fsp3) is 0.524. The molecular weight excluding hydrogens is 458 g/mol. The Morgan fingerprint density at radius 3 is 2.21 bits per heavy atom. The highest BCUT2D eigenvalue weighted by Gasteiger charge is 2.34. The highest BCUT2D eigenvalue weighted by Crippen LogP contribution is 2.25. The van der Waals surface area contributed by atoms with Gasteiger partial charge in [0.1, 0.15) is 18.8 Å². The van der Waals surface area contributed by atoms with Crippen LogP contribution in [0.5, 0.6) is 0 Å². The number of nitro benzene ring substituents is 1. The molecule has 1 aromatic carbocycles. The lowest BCUT2D eigenvalue weighted by molar-refractivity contribution is -0.384. The zero-order valence-corrected chi connectivity index (χ0v) is 19.4. The molecule has 2 rings (SSSR count). The van der Waals surface area contributed by atoms with Crippen molar-refractivity contribution in [2.75, 3.05) is 12.9 Å². The Morgan fingerprint density at radius 2 is 1.73 bits per heavy atom. The number of esters is 2. The van der Waals surface area contributed by atoms with E-state index in [0.717, 1.165) is 6.26 Å². The van der Waals surface area contributed by atoms with E-state index in [1.807, 2.05) is 6.08 Å². The summed E-state index contributed by atoms with van der Waals surface area (Å²) in [5.41, 5.74) is -0.00345. The Bertz CT molecular complexity index is 973. The monoisotopic (exact) mass is 485 g/mol. The third-order valence-corrected chi connectivity index (χ3v) is 5.40. The van der Waals surface area contributed by atoms with Gasteiger partial charge in [-0.1, -0.05) is 19.1 Å². The predicted molar refractivity (Wildman–Crippen MR) is 116 cm³/mol. The van der Waals surface area contributed by atoms with Crippen LogP contribution in [0.15, 0.2) is 36.4 Å². The lowest BCUT2D eigenvalue weighted by Gasteiger charge is -2.31. The first-order valence-electron chi connectivity index (χ1n) is 10.3. The van der Waals surface area contributed by atoms with Crippen LogP contribution < -0.4 is 0 Å². The minimum absolute atomic E-state index is 0.146. The van der Waals surface area contributed by atoms with E-state index in [1.165, 1.54) is 31.2 Å². The van der Waals surface area contributed by atoms with E-state index in [4.69, 9.17) is 18.4 Å². The van der Waals surface area contributed by atoms with Crippen LogP contribution >= 0.6 is 0 Å². The summed E-state index contributed by atoms with van der Waals surface area (Å²) in [6, 6.07) is 5.03. The molecule has 1 aliphatic heterocycles. The molecule has 0 aromatic heterocycles. The summed E-state index contributed by atoms with van der Waals surface area (Å²) in [6.07, 6.45) is 2.41. The summed E-state index contributed by atoms with van der Waals surface area (Å²) in [4.78, 5) is 34.0. The SMILES string of the molecule is CC[C@H](OC(=O)c1ccc([N+](=O)[O-])cc1)[C@@H]1CC=CC[C@H]([C@@H](COC(C)=O)OS(C)(=O)=O)O1. The maximum Gasteiger partial charge on any atom is 0.338 e. The number of hydrogen-bond acceptors (Lipinski definition) is 10. The molecule has 1 aromatic rings. The van der Waals surface area contributed by atoms with Gasteiger partial charge in [-0.3, -0.25) is 19.1 Å². The maximum atomic E-state index is 12.6. The molecule has 33 heavy (non-hydrogen) atoms. The van der Waals surface area contributed by atoms with E-state index in [0.29, 0.717) is 19.3 Å². The number of benzene rings is 1. The standard InChI is InChI=1S/C21H27NO10S/c1-4-17(31-21(24)15-9-11-16(12-10-15)22(25)26)18-7-5-6-8-19(30-18)20(13-29-14(2)23)32-33(3,27)28/h5-6,9-12,17-20H,4,7-8,13H2,1-3H3/t17-,18-,19+,20+/m0/s1. The summed E-state index contributed by atoms with van der Waals surface area (Å²) in [5.74, 6) is -1.27. The average Bonchev–Trinajstić information content (AvgIpc) is 3.00. The van der Waals surface area contributed by atoms with E-state index in [2.05, 4.69) is 0 Å². The molecule has 0 saturated heterocycles. The van der Waals surface area contributed by atoms with Crippen LogP contribution in [0.2, 0.25) is 0 Å². The molecule has 11 nitrogen and oxygen atoms in total. The van der Waals surface area contributed by atoms with Crippen LogP contribution in [0.4, 0.5) is 5.69 Å². The number of rotatable bonds is 10. The van der Waals surface area contributed by atoms with Crippen LogP contribution in [-0.2, 0) is 33.3 Å². The highest BCUT2D eigenvalue weighted by atomic mass is 32.2. The van der Waals surface area contributed by atoms with Crippen molar-refractivity contribution in [2.45, 2.75) is 57.5 Å².